The molecule has 0 radical (unpaired) electrons. The number of rotatable bonds is 5. The highest BCUT2D eigenvalue weighted by atomic mass is 32.2. The summed E-state index contributed by atoms with van der Waals surface area (Å²) in [5.41, 5.74) is -0.601. The standard InChI is InChI=1S/C13H14N2O4S2/c14-7-10-2-1-3-11(6-10)8-21(18,19)15-13(12(16)17)4-5-20-9-13/h1-3,6,15H,4-5,8-9H2,(H,16,17). The Balaban J connectivity index is 2.18. The number of hydrogen-bond acceptors (Lipinski definition) is 5. The molecule has 1 unspecified atom stereocenters. The summed E-state index contributed by atoms with van der Waals surface area (Å²) in [4.78, 5) is 11.4. The topological polar surface area (TPSA) is 107 Å². The molecule has 0 spiro atoms. The van der Waals surface area contributed by atoms with Crippen molar-refractivity contribution >= 4 is 27.8 Å². The van der Waals surface area contributed by atoms with Crippen molar-refractivity contribution in [1.82, 2.24) is 4.72 Å². The Bertz CT molecular complexity index is 688. The number of carboxylic acid groups (broad SMARTS) is 1. The predicted molar refractivity (Wildman–Crippen MR) is 79.2 cm³/mol. The van der Waals surface area contributed by atoms with Crippen LogP contribution in [0, 0.1) is 11.3 Å². The lowest BCUT2D eigenvalue weighted by Crippen LogP contribution is -2.54. The molecule has 0 bridgehead atoms. The fraction of sp³-hybridized carbons (Fsp3) is 0.385. The molecule has 0 aromatic heterocycles. The van der Waals surface area contributed by atoms with Crippen LogP contribution in [0.25, 0.3) is 0 Å². The van der Waals surface area contributed by atoms with Gasteiger partial charge in [-0.2, -0.15) is 21.7 Å². The van der Waals surface area contributed by atoms with Crippen LogP contribution >= 0.6 is 11.8 Å². The third kappa shape index (κ3) is 3.75. The van der Waals surface area contributed by atoms with E-state index in [0.29, 0.717) is 16.9 Å². The van der Waals surface area contributed by atoms with Crippen molar-refractivity contribution in [2.24, 2.45) is 0 Å². The molecule has 0 saturated carbocycles. The maximum absolute atomic E-state index is 12.2. The zero-order valence-electron chi connectivity index (χ0n) is 11.1. The van der Waals surface area contributed by atoms with E-state index in [0.717, 1.165) is 0 Å². The normalized spacial score (nSPS) is 21.9. The summed E-state index contributed by atoms with van der Waals surface area (Å²) in [6, 6.07) is 8.19. The van der Waals surface area contributed by atoms with Crippen LogP contribution in [0.3, 0.4) is 0 Å². The van der Waals surface area contributed by atoms with Gasteiger partial charge >= 0.3 is 5.97 Å². The van der Waals surface area contributed by atoms with Gasteiger partial charge in [-0.05, 0) is 29.9 Å². The van der Waals surface area contributed by atoms with Crippen LogP contribution in [0.15, 0.2) is 24.3 Å². The van der Waals surface area contributed by atoms with Crippen molar-refractivity contribution in [3.63, 3.8) is 0 Å². The maximum atomic E-state index is 12.2. The van der Waals surface area contributed by atoms with Crippen LogP contribution in [0.2, 0.25) is 0 Å². The monoisotopic (exact) mass is 326 g/mol. The molecule has 1 aromatic rings. The molecule has 8 heteroatoms. The molecule has 1 aliphatic heterocycles. The molecule has 1 atom stereocenters. The maximum Gasteiger partial charge on any atom is 0.325 e. The fourth-order valence-corrected chi connectivity index (χ4v) is 5.11. The first-order chi connectivity index (χ1) is 9.87. The first-order valence-electron chi connectivity index (χ1n) is 6.19. The molecular formula is C13H14N2O4S2. The van der Waals surface area contributed by atoms with Gasteiger partial charge in [0.15, 0.2) is 0 Å². The van der Waals surface area contributed by atoms with E-state index in [-0.39, 0.29) is 17.9 Å². The number of nitrogens with one attached hydrogen (secondary N) is 1. The fourth-order valence-electron chi connectivity index (χ4n) is 2.14. The largest absolute Gasteiger partial charge is 0.480 e. The Labute approximate surface area is 127 Å². The van der Waals surface area contributed by atoms with Crippen molar-refractivity contribution in [2.45, 2.75) is 17.7 Å². The quantitative estimate of drug-likeness (QED) is 0.834. The molecule has 1 fully saturated rings. The zero-order valence-corrected chi connectivity index (χ0v) is 12.7. The SMILES string of the molecule is N#Cc1cccc(CS(=O)(=O)NC2(C(=O)O)CCSC2)c1. The summed E-state index contributed by atoms with van der Waals surface area (Å²) in [7, 11) is -3.80. The highest BCUT2D eigenvalue weighted by Gasteiger charge is 2.44. The summed E-state index contributed by atoms with van der Waals surface area (Å²) in [5.74, 6) is -0.664. The van der Waals surface area contributed by atoms with Crippen molar-refractivity contribution < 1.29 is 18.3 Å². The minimum absolute atomic E-state index is 0.222. The summed E-state index contributed by atoms with van der Waals surface area (Å²) >= 11 is 1.41. The number of hydrogen-bond donors (Lipinski definition) is 2. The van der Waals surface area contributed by atoms with Gasteiger partial charge in [0.1, 0.15) is 5.54 Å². The summed E-state index contributed by atoms with van der Waals surface area (Å²) < 4.78 is 26.7. The van der Waals surface area contributed by atoms with Gasteiger partial charge < -0.3 is 5.11 Å². The Kier molecular flexibility index (Phi) is 4.56. The van der Waals surface area contributed by atoms with E-state index in [1.165, 1.54) is 17.8 Å². The van der Waals surface area contributed by atoms with E-state index in [9.17, 15) is 18.3 Å². The molecule has 112 valence electrons. The van der Waals surface area contributed by atoms with Gasteiger partial charge in [0.25, 0.3) is 0 Å². The van der Waals surface area contributed by atoms with E-state index < -0.39 is 21.5 Å². The molecule has 1 saturated heterocycles. The Hall–Kier alpha value is -1.56. The molecule has 2 N–H and O–H groups in total. The molecule has 21 heavy (non-hydrogen) atoms. The number of sulfonamides is 1. The highest BCUT2D eigenvalue weighted by Crippen LogP contribution is 2.29. The minimum atomic E-state index is -3.80. The van der Waals surface area contributed by atoms with Crippen molar-refractivity contribution in [3.8, 4) is 6.07 Å². The number of carboxylic acids is 1. The highest BCUT2D eigenvalue weighted by molar-refractivity contribution is 7.99. The molecule has 0 aliphatic carbocycles. The second kappa shape index (κ2) is 6.05. The van der Waals surface area contributed by atoms with E-state index in [2.05, 4.69) is 4.72 Å². The van der Waals surface area contributed by atoms with Crippen LogP contribution < -0.4 is 4.72 Å². The summed E-state index contributed by atoms with van der Waals surface area (Å²) in [6.07, 6.45) is 0.268. The molecular weight excluding hydrogens is 312 g/mol. The van der Waals surface area contributed by atoms with Crippen LogP contribution in [0.4, 0.5) is 0 Å². The van der Waals surface area contributed by atoms with Gasteiger partial charge in [0, 0.05) is 5.75 Å². The van der Waals surface area contributed by atoms with E-state index in [1.54, 1.807) is 18.2 Å². The van der Waals surface area contributed by atoms with Crippen molar-refractivity contribution in [3.05, 3.63) is 35.4 Å². The summed E-state index contributed by atoms with van der Waals surface area (Å²) in [6.45, 7) is 0. The van der Waals surface area contributed by atoms with E-state index in [4.69, 9.17) is 5.26 Å². The Morgan fingerprint density at radius 1 is 1.52 bits per heavy atom. The van der Waals surface area contributed by atoms with Crippen molar-refractivity contribution in [1.29, 1.82) is 5.26 Å². The van der Waals surface area contributed by atoms with E-state index in [1.807, 2.05) is 6.07 Å². The Morgan fingerprint density at radius 2 is 2.29 bits per heavy atom. The van der Waals surface area contributed by atoms with Gasteiger partial charge in [-0.3, -0.25) is 4.79 Å². The first-order valence-corrected chi connectivity index (χ1v) is 8.99. The van der Waals surface area contributed by atoms with Crippen molar-refractivity contribution in [2.75, 3.05) is 11.5 Å². The number of thioether (sulfide) groups is 1. The zero-order chi connectivity index (χ0) is 15.5. The van der Waals surface area contributed by atoms with Gasteiger partial charge in [0.2, 0.25) is 10.0 Å². The molecule has 1 aromatic carbocycles. The van der Waals surface area contributed by atoms with Crippen LogP contribution in [-0.2, 0) is 20.6 Å². The third-order valence-corrected chi connectivity index (χ3v) is 5.80. The second-order valence-electron chi connectivity index (χ2n) is 4.86. The van der Waals surface area contributed by atoms with Gasteiger partial charge in [-0.25, -0.2) is 8.42 Å². The van der Waals surface area contributed by atoms with Gasteiger partial charge in [-0.15, -0.1) is 0 Å². The molecule has 6 nitrogen and oxygen atoms in total. The Morgan fingerprint density at radius 3 is 2.86 bits per heavy atom. The van der Waals surface area contributed by atoms with Crippen LogP contribution in [-0.4, -0.2) is 36.5 Å². The molecule has 1 aliphatic rings. The van der Waals surface area contributed by atoms with Gasteiger partial charge in [0.05, 0.1) is 17.4 Å². The average Bonchev–Trinajstić information content (AvgIpc) is 2.87. The molecule has 1 heterocycles. The van der Waals surface area contributed by atoms with Crippen LogP contribution in [0.5, 0.6) is 0 Å². The number of nitrogens with zero attached hydrogens (tertiary/aromatic N) is 1. The molecule has 0 amide bonds. The number of benzene rings is 1. The second-order valence-corrected chi connectivity index (χ2v) is 7.69. The smallest absolute Gasteiger partial charge is 0.325 e. The number of carbonyl (C=O) groups is 1. The lowest BCUT2D eigenvalue weighted by atomic mass is 10.0. The van der Waals surface area contributed by atoms with Gasteiger partial charge in [-0.1, -0.05) is 12.1 Å². The first kappa shape index (κ1) is 15.8. The third-order valence-electron chi connectivity index (χ3n) is 3.19. The molecule has 2 rings (SSSR count). The van der Waals surface area contributed by atoms with Crippen LogP contribution in [0.1, 0.15) is 17.5 Å². The lowest BCUT2D eigenvalue weighted by Gasteiger charge is -2.24. The number of aliphatic carboxylic acids is 1. The lowest BCUT2D eigenvalue weighted by molar-refractivity contribution is -0.142. The summed E-state index contributed by atoms with van der Waals surface area (Å²) in [5, 5.41) is 18.1. The predicted octanol–water partition coefficient (Wildman–Crippen LogP) is 0.938. The average molecular weight is 326 g/mol. The number of nitriles is 1. The van der Waals surface area contributed by atoms with E-state index >= 15 is 0 Å². The minimum Gasteiger partial charge on any atom is -0.480 e.